The Kier molecular flexibility index (Phi) is 14.6. The monoisotopic (exact) mass is 317 g/mol. The van der Waals surface area contributed by atoms with Gasteiger partial charge in [0.2, 0.25) is 0 Å². The Morgan fingerprint density at radius 3 is 1.76 bits per heavy atom. The molecule has 0 aromatic rings. The summed E-state index contributed by atoms with van der Waals surface area (Å²) in [4.78, 5) is 28.3. The third kappa shape index (κ3) is 7.65. The molecule has 1 aliphatic heterocycles. The average Bonchev–Trinajstić information content (AvgIpc) is 2.56. The molecule has 0 aromatic carbocycles. The lowest BCUT2D eigenvalue weighted by Crippen LogP contribution is -2.42. The van der Waals surface area contributed by atoms with Gasteiger partial charge < -0.3 is 63.4 Å². The van der Waals surface area contributed by atoms with Crippen LogP contribution in [0.25, 0.3) is 0 Å². The SMILES string of the molecule is O=C([O-])C(=O)[O-].O=C1O[C@H]([C@@H](O)CO)C(O)=C1[O-].[NH4+].[NH4+].[NH4+]. The van der Waals surface area contributed by atoms with E-state index in [4.69, 9.17) is 35.1 Å². The lowest BCUT2D eigenvalue weighted by molar-refractivity contribution is -0.345. The first-order valence-corrected chi connectivity index (χ1v) is 4.24. The second-order valence-corrected chi connectivity index (χ2v) is 2.87. The van der Waals surface area contributed by atoms with Crippen LogP contribution in [-0.4, -0.2) is 52.0 Å². The van der Waals surface area contributed by atoms with Gasteiger partial charge in [-0.3, -0.25) is 0 Å². The highest BCUT2D eigenvalue weighted by molar-refractivity contribution is 6.25. The van der Waals surface area contributed by atoms with Gasteiger partial charge in [-0.1, -0.05) is 0 Å². The van der Waals surface area contributed by atoms with E-state index in [1.165, 1.54) is 0 Å². The van der Waals surface area contributed by atoms with Crippen molar-refractivity contribution in [2.24, 2.45) is 0 Å². The zero-order valence-electron chi connectivity index (χ0n) is 11.6. The molecular weight excluding hydrogens is 298 g/mol. The minimum atomic E-state index is -2.19. The molecule has 13 heteroatoms. The molecule has 0 unspecified atom stereocenters. The van der Waals surface area contributed by atoms with E-state index >= 15 is 0 Å². The maximum atomic E-state index is 10.6. The summed E-state index contributed by atoms with van der Waals surface area (Å²) >= 11 is 0. The first-order valence-electron chi connectivity index (χ1n) is 4.24. The fraction of sp³-hybridized carbons (Fsp3) is 0.375. The predicted octanol–water partition coefficient (Wildman–Crippen LogP) is -4.99. The van der Waals surface area contributed by atoms with Gasteiger partial charge in [-0.25, -0.2) is 4.79 Å². The Hall–Kier alpha value is -2.45. The van der Waals surface area contributed by atoms with Crippen molar-refractivity contribution in [3.8, 4) is 0 Å². The highest BCUT2D eigenvalue weighted by atomic mass is 16.6. The number of ether oxygens (including phenoxy) is 1. The molecule has 1 aliphatic rings. The summed E-state index contributed by atoms with van der Waals surface area (Å²) in [5.74, 6) is -7.62. The van der Waals surface area contributed by atoms with Crippen molar-refractivity contribution in [3.63, 3.8) is 0 Å². The van der Waals surface area contributed by atoms with Crippen LogP contribution in [-0.2, 0) is 19.1 Å². The standard InChI is InChI=1S/C6H8O6.C2H2O4.3H3N/c7-1-2(8)5-3(9)4(10)6(11)12-5;3-1(4)2(5)6;;;/h2,5,7-10H,1H2;(H,3,4)(H,5,6);3*1H3/t2-,5+;;;;/m0..../s1. The number of carbonyl (C=O) groups is 3. The van der Waals surface area contributed by atoms with E-state index in [1.807, 2.05) is 0 Å². The van der Waals surface area contributed by atoms with Gasteiger partial charge in [0.05, 0.1) is 18.5 Å². The molecule has 0 fully saturated rings. The highest BCUT2D eigenvalue weighted by Gasteiger charge is 2.34. The van der Waals surface area contributed by atoms with Gasteiger partial charge in [-0.2, -0.15) is 0 Å². The Morgan fingerprint density at radius 2 is 1.57 bits per heavy atom. The topological polar surface area (TPSA) is 300 Å². The van der Waals surface area contributed by atoms with Crippen LogP contribution in [0.4, 0.5) is 0 Å². The van der Waals surface area contributed by atoms with E-state index in [-0.39, 0.29) is 18.5 Å². The van der Waals surface area contributed by atoms with Crippen LogP contribution in [0.5, 0.6) is 0 Å². The number of aliphatic hydroxyl groups is 3. The number of aliphatic carboxylic acids is 2. The highest BCUT2D eigenvalue weighted by Crippen LogP contribution is 2.19. The molecule has 0 radical (unpaired) electrons. The molecule has 0 amide bonds. The Balaban J connectivity index is -0.000000142. The van der Waals surface area contributed by atoms with Gasteiger partial charge in [-0.05, 0) is 0 Å². The molecule has 1 rings (SSSR count). The molecular formula is C8H19N3O10. The number of cyclic esters (lactones) is 1. The van der Waals surface area contributed by atoms with Crippen molar-refractivity contribution in [2.45, 2.75) is 12.2 Å². The number of carboxylic acid groups (broad SMARTS) is 2. The number of quaternary nitrogens is 3. The molecule has 13 nitrogen and oxygen atoms in total. The average molecular weight is 317 g/mol. The molecule has 21 heavy (non-hydrogen) atoms. The van der Waals surface area contributed by atoms with Crippen LogP contribution in [0, 0.1) is 0 Å². The smallest absolute Gasteiger partial charge is 0.327 e. The number of carbonyl (C=O) groups excluding carboxylic acids is 3. The van der Waals surface area contributed by atoms with E-state index in [2.05, 4.69) is 4.74 Å². The maximum absolute atomic E-state index is 10.6. The number of hydrogen-bond donors (Lipinski definition) is 6. The lowest BCUT2D eigenvalue weighted by atomic mass is 10.2. The van der Waals surface area contributed by atoms with Gasteiger partial charge in [0, 0.05) is 5.76 Å². The number of carboxylic acids is 2. The quantitative estimate of drug-likeness (QED) is 0.208. The van der Waals surface area contributed by atoms with Gasteiger partial charge in [0.15, 0.2) is 6.10 Å². The predicted molar refractivity (Wildman–Crippen MR) is 60.6 cm³/mol. The van der Waals surface area contributed by atoms with E-state index in [0.29, 0.717) is 0 Å². The number of esters is 1. The van der Waals surface area contributed by atoms with Gasteiger partial charge in [0.1, 0.15) is 11.9 Å². The summed E-state index contributed by atoms with van der Waals surface area (Å²) in [6.45, 7) is -0.699. The Morgan fingerprint density at radius 1 is 1.19 bits per heavy atom. The molecule has 0 aromatic heterocycles. The lowest BCUT2D eigenvalue weighted by Gasteiger charge is -2.14. The third-order valence-corrected chi connectivity index (χ3v) is 1.62. The number of rotatable bonds is 2. The zero-order chi connectivity index (χ0) is 14.5. The largest absolute Gasteiger partial charge is 0.865 e. The van der Waals surface area contributed by atoms with E-state index in [0.717, 1.165) is 0 Å². The van der Waals surface area contributed by atoms with Crippen LogP contribution < -0.4 is 33.8 Å². The first-order chi connectivity index (χ1) is 8.22. The minimum Gasteiger partial charge on any atom is -0.865 e. The van der Waals surface area contributed by atoms with Crippen LogP contribution >= 0.6 is 0 Å². The van der Waals surface area contributed by atoms with Crippen LogP contribution in [0.2, 0.25) is 0 Å². The van der Waals surface area contributed by atoms with Crippen molar-refractivity contribution >= 4 is 17.9 Å². The molecule has 126 valence electrons. The van der Waals surface area contributed by atoms with E-state index in [1.54, 1.807) is 0 Å². The fourth-order valence-corrected chi connectivity index (χ4v) is 0.815. The molecule has 0 saturated carbocycles. The second kappa shape index (κ2) is 11.4. The summed E-state index contributed by atoms with van der Waals surface area (Å²) in [5.41, 5.74) is 0. The number of hydrogen-bond acceptors (Lipinski definition) is 10. The summed E-state index contributed by atoms with van der Waals surface area (Å²) in [7, 11) is 0. The summed E-state index contributed by atoms with van der Waals surface area (Å²) in [6, 6.07) is 0. The third-order valence-electron chi connectivity index (χ3n) is 1.62. The van der Waals surface area contributed by atoms with Crippen LogP contribution in [0.1, 0.15) is 0 Å². The van der Waals surface area contributed by atoms with E-state index in [9.17, 15) is 9.90 Å². The Labute approximate surface area is 117 Å². The second-order valence-electron chi connectivity index (χ2n) is 2.87. The van der Waals surface area contributed by atoms with E-state index < -0.39 is 48.2 Å². The molecule has 0 spiro atoms. The van der Waals surface area contributed by atoms with Crippen molar-refractivity contribution in [1.82, 2.24) is 18.5 Å². The van der Waals surface area contributed by atoms with Crippen LogP contribution in [0.3, 0.4) is 0 Å². The van der Waals surface area contributed by atoms with Crippen LogP contribution in [0.15, 0.2) is 11.5 Å². The van der Waals surface area contributed by atoms with Gasteiger partial charge in [-0.15, -0.1) is 0 Å². The summed E-state index contributed by atoms with van der Waals surface area (Å²) in [6.07, 6.45) is -2.88. The molecule has 0 aliphatic carbocycles. The molecule has 0 bridgehead atoms. The van der Waals surface area contributed by atoms with Crippen molar-refractivity contribution in [1.29, 1.82) is 0 Å². The zero-order valence-corrected chi connectivity index (χ0v) is 11.6. The summed E-state index contributed by atoms with van der Waals surface area (Å²) < 4.78 is 4.25. The summed E-state index contributed by atoms with van der Waals surface area (Å²) in [5, 5.41) is 54.6. The molecule has 15 N–H and O–H groups in total. The Bertz CT molecular complexity index is 384. The molecule has 0 saturated heterocycles. The number of aliphatic hydroxyl groups excluding tert-OH is 3. The van der Waals surface area contributed by atoms with Crippen molar-refractivity contribution in [2.75, 3.05) is 6.61 Å². The van der Waals surface area contributed by atoms with Crippen molar-refractivity contribution in [3.05, 3.63) is 11.5 Å². The first kappa shape index (κ1) is 27.0. The molecule has 2 atom stereocenters. The van der Waals surface area contributed by atoms with Gasteiger partial charge >= 0.3 is 5.97 Å². The van der Waals surface area contributed by atoms with Crippen molar-refractivity contribution < 1.29 is 49.8 Å². The molecule has 1 heterocycles. The fourth-order valence-electron chi connectivity index (χ4n) is 0.815. The van der Waals surface area contributed by atoms with Gasteiger partial charge in [0.25, 0.3) is 0 Å². The normalized spacial score (nSPS) is 16.9. The minimum absolute atomic E-state index is 0. The maximum Gasteiger partial charge on any atom is 0.327 e.